The van der Waals surface area contributed by atoms with Gasteiger partial charge in [0, 0.05) is 23.5 Å². The number of hydrogen-bond acceptors (Lipinski definition) is 7. The topological polar surface area (TPSA) is 128 Å². The molecule has 2 aromatic carbocycles. The van der Waals surface area contributed by atoms with Crippen molar-refractivity contribution < 1.29 is 9.72 Å². The molecule has 10 nitrogen and oxygen atoms in total. The molecule has 10 heteroatoms. The molecule has 4 rings (SSSR count). The van der Waals surface area contributed by atoms with Gasteiger partial charge in [-0.1, -0.05) is 18.2 Å². The van der Waals surface area contributed by atoms with Crippen LogP contribution in [-0.4, -0.2) is 30.6 Å². The van der Waals surface area contributed by atoms with E-state index in [9.17, 15) is 14.9 Å². The average molecular weight is 401 g/mol. The second kappa shape index (κ2) is 8.19. The molecule has 0 aliphatic heterocycles. The smallest absolute Gasteiger partial charge is 0.293 e. The van der Waals surface area contributed by atoms with Gasteiger partial charge < -0.3 is 10.6 Å². The molecule has 0 saturated carbocycles. The zero-order valence-electron chi connectivity index (χ0n) is 15.5. The maximum Gasteiger partial charge on any atom is 0.293 e. The molecule has 2 aromatic heterocycles. The Labute approximate surface area is 170 Å². The highest BCUT2D eigenvalue weighted by Gasteiger charge is 2.19. The number of anilines is 3. The summed E-state index contributed by atoms with van der Waals surface area (Å²) in [5.41, 5.74) is 1.29. The fourth-order valence-electron chi connectivity index (χ4n) is 2.80. The van der Waals surface area contributed by atoms with E-state index in [1.54, 1.807) is 30.5 Å². The van der Waals surface area contributed by atoms with Gasteiger partial charge in [-0.2, -0.15) is 5.10 Å². The van der Waals surface area contributed by atoms with E-state index in [1.807, 2.05) is 18.2 Å². The molecule has 0 aliphatic carbocycles. The first-order chi connectivity index (χ1) is 14.6. The molecular formula is C20H15N7O3. The molecule has 1 amide bonds. The van der Waals surface area contributed by atoms with Crippen molar-refractivity contribution in [3.8, 4) is 5.82 Å². The second-order valence-electron chi connectivity index (χ2n) is 6.15. The van der Waals surface area contributed by atoms with E-state index in [0.717, 1.165) is 0 Å². The normalized spacial score (nSPS) is 10.4. The average Bonchev–Trinajstić information content (AvgIpc) is 3.29. The van der Waals surface area contributed by atoms with Gasteiger partial charge in [0.1, 0.15) is 18.3 Å². The summed E-state index contributed by atoms with van der Waals surface area (Å²) in [6.07, 6.45) is 4.36. The van der Waals surface area contributed by atoms with Gasteiger partial charge in [0.05, 0.1) is 10.6 Å². The first-order valence-corrected chi connectivity index (χ1v) is 8.84. The summed E-state index contributed by atoms with van der Waals surface area (Å²) in [5.74, 6) is -0.140. The minimum Gasteiger partial charge on any atom is -0.350 e. The molecule has 30 heavy (non-hydrogen) atoms. The van der Waals surface area contributed by atoms with Gasteiger partial charge in [-0.25, -0.2) is 14.6 Å². The Balaban J connectivity index is 1.61. The lowest BCUT2D eigenvalue weighted by atomic mass is 10.1. The molecule has 0 aliphatic rings. The van der Waals surface area contributed by atoms with Crippen LogP contribution in [0.5, 0.6) is 0 Å². The van der Waals surface area contributed by atoms with Crippen LogP contribution in [0, 0.1) is 10.1 Å². The van der Waals surface area contributed by atoms with Crippen molar-refractivity contribution in [3.63, 3.8) is 0 Å². The highest BCUT2D eigenvalue weighted by atomic mass is 16.6. The van der Waals surface area contributed by atoms with Crippen molar-refractivity contribution in [2.45, 2.75) is 0 Å². The lowest BCUT2D eigenvalue weighted by Crippen LogP contribution is -2.15. The van der Waals surface area contributed by atoms with Crippen LogP contribution in [0.3, 0.4) is 0 Å². The summed E-state index contributed by atoms with van der Waals surface area (Å²) in [4.78, 5) is 31.8. The van der Waals surface area contributed by atoms with Crippen molar-refractivity contribution in [3.05, 3.63) is 95.2 Å². The summed E-state index contributed by atoms with van der Waals surface area (Å²) in [6.45, 7) is 0. The summed E-state index contributed by atoms with van der Waals surface area (Å²) in [7, 11) is 0. The summed E-state index contributed by atoms with van der Waals surface area (Å²) in [5, 5.41) is 21.3. The number of carbonyl (C=O) groups excluding carboxylic acids is 1. The maximum atomic E-state index is 12.8. The van der Waals surface area contributed by atoms with E-state index in [2.05, 4.69) is 25.7 Å². The molecule has 2 N–H and O–H groups in total. The third-order valence-corrected chi connectivity index (χ3v) is 4.18. The molecule has 0 bridgehead atoms. The van der Waals surface area contributed by atoms with Gasteiger partial charge in [0.2, 0.25) is 0 Å². The lowest BCUT2D eigenvalue weighted by Gasteiger charge is -2.11. The molecule has 148 valence electrons. The summed E-state index contributed by atoms with van der Waals surface area (Å²) < 4.78 is 1.41. The molecule has 0 radical (unpaired) electrons. The fourth-order valence-corrected chi connectivity index (χ4v) is 2.80. The number of hydrogen-bond donors (Lipinski definition) is 2. The third-order valence-electron chi connectivity index (χ3n) is 4.18. The standard InChI is InChI=1S/C20H15N7O3/c28-20(25-17-7-4-10-22-19(17)26-13-21-12-23-26)14-8-9-16(18(11-14)27(29)30)24-15-5-2-1-3-6-15/h1-13,24H,(H,25,28). The SMILES string of the molecule is O=C(Nc1cccnc1-n1cncn1)c1ccc(Nc2ccccc2)c([N+](=O)[O-])c1. The maximum absolute atomic E-state index is 12.8. The van der Waals surface area contributed by atoms with Crippen molar-refractivity contribution in [2.75, 3.05) is 10.6 Å². The number of nitro groups is 1. The van der Waals surface area contributed by atoms with Gasteiger partial charge in [0.15, 0.2) is 5.82 Å². The second-order valence-corrected chi connectivity index (χ2v) is 6.15. The molecular weight excluding hydrogens is 386 g/mol. The molecule has 0 spiro atoms. The highest BCUT2D eigenvalue weighted by Crippen LogP contribution is 2.29. The predicted molar refractivity (Wildman–Crippen MR) is 110 cm³/mol. The molecule has 2 heterocycles. The van der Waals surface area contributed by atoms with Gasteiger partial charge in [-0.15, -0.1) is 0 Å². The number of rotatable bonds is 6. The minimum absolute atomic E-state index is 0.133. The van der Waals surface area contributed by atoms with Gasteiger partial charge in [0.25, 0.3) is 11.6 Å². The van der Waals surface area contributed by atoms with Crippen LogP contribution in [0.15, 0.2) is 79.5 Å². The number of amides is 1. The number of carbonyl (C=O) groups is 1. The number of pyridine rings is 1. The van der Waals surface area contributed by atoms with Crippen LogP contribution in [-0.2, 0) is 0 Å². The molecule has 0 unspecified atom stereocenters. The Morgan fingerprint density at radius 2 is 1.87 bits per heavy atom. The molecule has 0 saturated heterocycles. The first-order valence-electron chi connectivity index (χ1n) is 8.84. The van der Waals surface area contributed by atoms with Crippen LogP contribution in [0.25, 0.3) is 5.82 Å². The quantitative estimate of drug-likeness (QED) is 0.373. The molecule has 0 atom stereocenters. The lowest BCUT2D eigenvalue weighted by molar-refractivity contribution is -0.383. The molecule has 0 fully saturated rings. The van der Waals surface area contributed by atoms with Crippen LogP contribution >= 0.6 is 0 Å². The molecule has 4 aromatic rings. The number of nitro benzene ring substituents is 1. The Morgan fingerprint density at radius 3 is 2.60 bits per heavy atom. The number of nitrogens with one attached hydrogen (secondary N) is 2. The van der Waals surface area contributed by atoms with Gasteiger partial charge in [-0.05, 0) is 36.4 Å². The summed E-state index contributed by atoms with van der Waals surface area (Å²) >= 11 is 0. The van der Waals surface area contributed by atoms with Gasteiger partial charge >= 0.3 is 0 Å². The van der Waals surface area contributed by atoms with E-state index in [0.29, 0.717) is 17.2 Å². The van der Waals surface area contributed by atoms with Crippen LogP contribution < -0.4 is 10.6 Å². The van der Waals surface area contributed by atoms with Crippen molar-refractivity contribution in [1.29, 1.82) is 0 Å². The van der Waals surface area contributed by atoms with Crippen molar-refractivity contribution in [1.82, 2.24) is 19.7 Å². The number of aromatic nitrogens is 4. The largest absolute Gasteiger partial charge is 0.350 e. The minimum atomic E-state index is -0.535. The van der Waals surface area contributed by atoms with Crippen LogP contribution in [0.4, 0.5) is 22.7 Å². The Bertz CT molecular complexity index is 1190. The zero-order chi connectivity index (χ0) is 20.9. The first kappa shape index (κ1) is 18.7. The number of para-hydroxylation sites is 1. The highest BCUT2D eigenvalue weighted by molar-refractivity contribution is 6.06. The number of benzene rings is 2. The zero-order valence-corrected chi connectivity index (χ0v) is 15.5. The Morgan fingerprint density at radius 1 is 1.03 bits per heavy atom. The van der Waals surface area contributed by atoms with Crippen LogP contribution in [0.1, 0.15) is 10.4 Å². The summed E-state index contributed by atoms with van der Waals surface area (Å²) in [6, 6.07) is 16.6. The Kier molecular flexibility index (Phi) is 5.12. The van der Waals surface area contributed by atoms with E-state index >= 15 is 0 Å². The van der Waals surface area contributed by atoms with E-state index in [4.69, 9.17) is 0 Å². The third kappa shape index (κ3) is 3.97. The van der Waals surface area contributed by atoms with E-state index < -0.39 is 10.8 Å². The van der Waals surface area contributed by atoms with Crippen molar-refractivity contribution >= 4 is 28.7 Å². The predicted octanol–water partition coefficient (Wildman–Crippen LogP) is 3.57. The van der Waals surface area contributed by atoms with E-state index in [-0.39, 0.29) is 16.9 Å². The fraction of sp³-hybridized carbons (Fsp3) is 0. The van der Waals surface area contributed by atoms with E-state index in [1.165, 1.54) is 35.5 Å². The monoisotopic (exact) mass is 401 g/mol. The van der Waals surface area contributed by atoms with Crippen molar-refractivity contribution in [2.24, 2.45) is 0 Å². The Hall–Kier alpha value is -4.60. The van der Waals surface area contributed by atoms with Gasteiger partial charge in [-0.3, -0.25) is 14.9 Å². The number of nitrogens with zero attached hydrogens (tertiary/aromatic N) is 5. The van der Waals surface area contributed by atoms with Crippen LogP contribution in [0.2, 0.25) is 0 Å².